The maximum atomic E-state index is 10.7. The van der Waals surface area contributed by atoms with Gasteiger partial charge >= 0.3 is 0 Å². The summed E-state index contributed by atoms with van der Waals surface area (Å²) in [5.41, 5.74) is 3.35. The zero-order chi connectivity index (χ0) is 22.9. The van der Waals surface area contributed by atoms with Gasteiger partial charge in [-0.05, 0) is 62.0 Å². The van der Waals surface area contributed by atoms with E-state index in [2.05, 4.69) is 46.7 Å². The van der Waals surface area contributed by atoms with E-state index in [1.165, 1.54) is 0 Å². The smallest absolute Gasteiger partial charge is 0.234 e. The first kappa shape index (κ1) is 28.9. The Labute approximate surface area is 220 Å². The number of nitrogens with zero attached hydrogens (tertiary/aromatic N) is 2. The number of ether oxygens (including phenoxy) is 2. The van der Waals surface area contributed by atoms with Crippen LogP contribution in [0.25, 0.3) is 11.1 Å². The van der Waals surface area contributed by atoms with E-state index < -0.39 is 5.60 Å². The molecule has 0 atom stereocenters. The highest BCUT2D eigenvalue weighted by atomic mass is 35.5. The fraction of sp³-hybridized carbons (Fsp3) is 0.407. The third-order valence-corrected chi connectivity index (χ3v) is 6.05. The van der Waals surface area contributed by atoms with Crippen LogP contribution in [0.2, 0.25) is 0 Å². The maximum Gasteiger partial charge on any atom is 0.234 e. The fourth-order valence-electron chi connectivity index (χ4n) is 3.96. The minimum absolute atomic E-state index is 0. The number of hydrogen-bond donors (Lipinski definition) is 2. The summed E-state index contributed by atoms with van der Waals surface area (Å²) < 4.78 is 11.8. The van der Waals surface area contributed by atoms with E-state index in [1.807, 2.05) is 36.4 Å². The van der Waals surface area contributed by atoms with Gasteiger partial charge in [-0.15, -0.1) is 29.9 Å². The Bertz CT molecular complexity index is 1010. The highest BCUT2D eigenvalue weighted by molar-refractivity contribution is 5.85. The van der Waals surface area contributed by atoms with Gasteiger partial charge in [-0.25, -0.2) is 0 Å². The SMILES string of the molecule is CCCCc1nnc(OCC2(O)CCNCC2)cc1-c1ccc(OCc2ccccc2)cc1.Cl.Cl. The van der Waals surface area contributed by atoms with Crippen molar-refractivity contribution in [2.24, 2.45) is 0 Å². The Hall–Kier alpha value is -2.38. The van der Waals surface area contributed by atoms with Crippen LogP contribution in [0.4, 0.5) is 0 Å². The lowest BCUT2D eigenvalue weighted by atomic mass is 9.94. The Kier molecular flexibility index (Phi) is 11.7. The molecule has 0 amide bonds. The lowest BCUT2D eigenvalue weighted by molar-refractivity contribution is -0.0299. The number of piperidine rings is 1. The second kappa shape index (κ2) is 14.2. The monoisotopic (exact) mass is 519 g/mol. The molecule has 2 heterocycles. The van der Waals surface area contributed by atoms with Crippen LogP contribution in [-0.2, 0) is 13.0 Å². The summed E-state index contributed by atoms with van der Waals surface area (Å²) in [5.74, 6) is 1.27. The standard InChI is InChI=1S/C27H33N3O3.2ClH/c1-2-3-9-25-24(18-26(30-29-25)33-20-27(31)14-16-28-17-15-27)22-10-12-23(13-11-22)32-19-21-7-5-4-6-8-21;;/h4-8,10-13,18,28,31H,2-3,9,14-17,19-20H2,1H3;2*1H. The van der Waals surface area contributed by atoms with E-state index >= 15 is 0 Å². The van der Waals surface area contributed by atoms with Gasteiger partial charge in [-0.1, -0.05) is 55.8 Å². The Morgan fingerprint density at radius 2 is 1.66 bits per heavy atom. The second-order valence-electron chi connectivity index (χ2n) is 8.71. The van der Waals surface area contributed by atoms with E-state index in [0.717, 1.165) is 60.5 Å². The maximum absolute atomic E-state index is 10.7. The predicted octanol–water partition coefficient (Wildman–Crippen LogP) is 5.40. The van der Waals surface area contributed by atoms with Crippen LogP contribution in [0.1, 0.15) is 43.9 Å². The Balaban J connectivity index is 0.00000216. The molecule has 1 saturated heterocycles. The van der Waals surface area contributed by atoms with Crippen LogP contribution in [0.15, 0.2) is 60.7 Å². The number of rotatable bonds is 10. The van der Waals surface area contributed by atoms with Crippen LogP contribution >= 0.6 is 24.8 Å². The zero-order valence-electron chi connectivity index (χ0n) is 20.1. The van der Waals surface area contributed by atoms with Gasteiger partial charge in [0.15, 0.2) is 0 Å². The van der Waals surface area contributed by atoms with Crippen molar-refractivity contribution >= 4 is 24.8 Å². The predicted molar refractivity (Wildman–Crippen MR) is 144 cm³/mol. The third kappa shape index (κ3) is 8.36. The number of halogens is 2. The van der Waals surface area contributed by atoms with E-state index in [0.29, 0.717) is 25.3 Å². The number of aromatic nitrogens is 2. The number of aryl methyl sites for hydroxylation is 1. The summed E-state index contributed by atoms with van der Waals surface area (Å²) in [6.45, 7) is 4.53. The minimum atomic E-state index is -0.814. The first-order valence-corrected chi connectivity index (χ1v) is 11.8. The van der Waals surface area contributed by atoms with Gasteiger partial charge in [0.05, 0.1) is 5.69 Å². The summed E-state index contributed by atoms with van der Waals surface area (Å²) in [5, 5.41) is 22.8. The average molecular weight is 521 g/mol. The Morgan fingerprint density at radius 1 is 0.943 bits per heavy atom. The van der Waals surface area contributed by atoms with Crippen molar-refractivity contribution in [1.29, 1.82) is 0 Å². The lowest BCUT2D eigenvalue weighted by Gasteiger charge is -2.31. The zero-order valence-corrected chi connectivity index (χ0v) is 21.7. The molecule has 0 spiro atoms. The van der Waals surface area contributed by atoms with Gasteiger partial charge in [-0.2, -0.15) is 5.10 Å². The van der Waals surface area contributed by atoms with Crippen molar-refractivity contribution in [2.75, 3.05) is 19.7 Å². The molecule has 6 nitrogen and oxygen atoms in total. The highest BCUT2D eigenvalue weighted by Crippen LogP contribution is 2.29. The van der Waals surface area contributed by atoms with Crippen molar-refractivity contribution in [2.45, 2.75) is 51.2 Å². The van der Waals surface area contributed by atoms with Gasteiger partial charge in [-0.3, -0.25) is 0 Å². The average Bonchev–Trinajstić information content (AvgIpc) is 2.87. The highest BCUT2D eigenvalue weighted by Gasteiger charge is 2.30. The normalized spacial score (nSPS) is 14.3. The molecule has 0 radical (unpaired) electrons. The van der Waals surface area contributed by atoms with Crippen LogP contribution in [0.3, 0.4) is 0 Å². The van der Waals surface area contributed by atoms with E-state index in [-0.39, 0.29) is 31.4 Å². The van der Waals surface area contributed by atoms with Crippen molar-refractivity contribution < 1.29 is 14.6 Å². The molecule has 0 saturated carbocycles. The van der Waals surface area contributed by atoms with Crippen molar-refractivity contribution in [1.82, 2.24) is 15.5 Å². The minimum Gasteiger partial charge on any atom is -0.489 e. The van der Waals surface area contributed by atoms with E-state index in [1.54, 1.807) is 0 Å². The molecule has 2 N–H and O–H groups in total. The van der Waals surface area contributed by atoms with E-state index in [9.17, 15) is 5.11 Å². The molecule has 3 aromatic rings. The van der Waals surface area contributed by atoms with Crippen LogP contribution in [0, 0.1) is 0 Å². The molecule has 1 aliphatic rings. The second-order valence-corrected chi connectivity index (χ2v) is 8.71. The summed E-state index contributed by atoms with van der Waals surface area (Å²) in [6.07, 6.45) is 4.35. The molecule has 4 rings (SSSR count). The largest absolute Gasteiger partial charge is 0.489 e. The number of aliphatic hydroxyl groups is 1. The van der Waals surface area contributed by atoms with Crippen molar-refractivity contribution in [3.63, 3.8) is 0 Å². The number of hydrogen-bond acceptors (Lipinski definition) is 6. The molecular weight excluding hydrogens is 485 g/mol. The molecule has 35 heavy (non-hydrogen) atoms. The molecule has 1 aromatic heterocycles. The molecule has 0 aliphatic carbocycles. The number of unbranched alkanes of at least 4 members (excludes halogenated alkanes) is 1. The van der Waals surface area contributed by atoms with Gasteiger partial charge in [0.25, 0.3) is 0 Å². The molecule has 2 aromatic carbocycles. The van der Waals surface area contributed by atoms with E-state index in [4.69, 9.17) is 9.47 Å². The summed E-state index contributed by atoms with van der Waals surface area (Å²) >= 11 is 0. The molecule has 1 fully saturated rings. The topological polar surface area (TPSA) is 76.5 Å². The number of benzene rings is 2. The lowest BCUT2D eigenvalue weighted by Crippen LogP contribution is -2.46. The first-order chi connectivity index (χ1) is 16.1. The molecule has 0 bridgehead atoms. The summed E-state index contributed by atoms with van der Waals surface area (Å²) in [7, 11) is 0. The van der Waals surface area contributed by atoms with Crippen molar-refractivity contribution in [3.05, 3.63) is 71.9 Å². The molecule has 1 aliphatic heterocycles. The van der Waals surface area contributed by atoms with Crippen LogP contribution < -0.4 is 14.8 Å². The van der Waals surface area contributed by atoms with Gasteiger partial charge in [0.2, 0.25) is 5.88 Å². The Morgan fingerprint density at radius 3 is 2.34 bits per heavy atom. The summed E-state index contributed by atoms with van der Waals surface area (Å²) in [6, 6.07) is 20.2. The van der Waals surface area contributed by atoms with Crippen molar-refractivity contribution in [3.8, 4) is 22.8 Å². The number of nitrogens with one attached hydrogen (secondary N) is 1. The molecular formula is C27H35Cl2N3O3. The molecule has 190 valence electrons. The quantitative estimate of drug-likeness (QED) is 0.373. The summed E-state index contributed by atoms with van der Waals surface area (Å²) in [4.78, 5) is 0. The molecule has 0 unspecified atom stereocenters. The van der Waals surface area contributed by atoms with Gasteiger partial charge in [0, 0.05) is 11.6 Å². The van der Waals surface area contributed by atoms with Gasteiger partial charge in [0.1, 0.15) is 24.6 Å². The van der Waals surface area contributed by atoms with Gasteiger partial charge < -0.3 is 19.9 Å². The van der Waals surface area contributed by atoms with Crippen LogP contribution in [-0.4, -0.2) is 40.6 Å². The molecule has 8 heteroatoms. The first-order valence-electron chi connectivity index (χ1n) is 11.8. The third-order valence-electron chi connectivity index (χ3n) is 6.05. The van der Waals surface area contributed by atoms with Crippen LogP contribution in [0.5, 0.6) is 11.6 Å². The fourth-order valence-corrected chi connectivity index (χ4v) is 3.96.